The second-order valence-electron chi connectivity index (χ2n) is 5.28. The Hall–Kier alpha value is -1.81. The standard InChI is InChI=1S/C15H16O4/c1-15-5-2-3-10(8-16)12(15)7-13(17)19-14(15)11-4-6-18-9-11/h3-4,6-7,9,14,16H,2,5,8H2,1H3. The molecule has 0 spiro atoms. The number of cyclic esters (lactones) is 1. The second-order valence-corrected chi connectivity index (χ2v) is 5.28. The topological polar surface area (TPSA) is 59.7 Å². The third kappa shape index (κ3) is 1.83. The largest absolute Gasteiger partial charge is 0.472 e. The lowest BCUT2D eigenvalue weighted by Crippen LogP contribution is -2.37. The van der Waals surface area contributed by atoms with E-state index in [4.69, 9.17) is 9.15 Å². The molecule has 0 saturated carbocycles. The predicted molar refractivity (Wildman–Crippen MR) is 68.1 cm³/mol. The van der Waals surface area contributed by atoms with E-state index < -0.39 is 0 Å². The summed E-state index contributed by atoms with van der Waals surface area (Å²) in [5.74, 6) is -0.361. The normalized spacial score (nSPS) is 30.2. The van der Waals surface area contributed by atoms with Gasteiger partial charge in [0.15, 0.2) is 0 Å². The minimum absolute atomic E-state index is 0.0488. The molecule has 1 aliphatic carbocycles. The van der Waals surface area contributed by atoms with Gasteiger partial charge >= 0.3 is 5.97 Å². The van der Waals surface area contributed by atoms with Crippen LogP contribution in [-0.2, 0) is 9.53 Å². The van der Waals surface area contributed by atoms with Crippen molar-refractivity contribution in [3.63, 3.8) is 0 Å². The first kappa shape index (κ1) is 12.2. The zero-order valence-corrected chi connectivity index (χ0v) is 10.8. The Kier molecular flexibility index (Phi) is 2.82. The van der Waals surface area contributed by atoms with Gasteiger partial charge in [0.25, 0.3) is 0 Å². The van der Waals surface area contributed by atoms with Crippen LogP contribution < -0.4 is 0 Å². The molecule has 2 atom stereocenters. The van der Waals surface area contributed by atoms with E-state index in [1.54, 1.807) is 12.5 Å². The van der Waals surface area contributed by atoms with Gasteiger partial charge in [0.2, 0.25) is 0 Å². The molecule has 2 heterocycles. The predicted octanol–water partition coefficient (Wildman–Crippen LogP) is 2.52. The zero-order chi connectivity index (χ0) is 13.5. The number of carbonyl (C=O) groups excluding carboxylic acids is 1. The lowest BCUT2D eigenvalue weighted by Gasteiger charge is -2.44. The first-order valence-electron chi connectivity index (χ1n) is 6.40. The molecule has 1 aromatic rings. The highest BCUT2D eigenvalue weighted by molar-refractivity contribution is 5.86. The Bertz CT molecular complexity index is 553. The molecule has 19 heavy (non-hydrogen) atoms. The van der Waals surface area contributed by atoms with Crippen molar-refractivity contribution in [3.8, 4) is 0 Å². The molecule has 0 saturated heterocycles. The van der Waals surface area contributed by atoms with Crippen molar-refractivity contribution < 1.29 is 19.1 Å². The lowest BCUT2D eigenvalue weighted by atomic mass is 9.65. The number of aliphatic hydroxyl groups is 1. The second kappa shape index (κ2) is 4.38. The van der Waals surface area contributed by atoms with Gasteiger partial charge in [0.05, 0.1) is 19.1 Å². The summed E-state index contributed by atoms with van der Waals surface area (Å²) in [4.78, 5) is 11.8. The van der Waals surface area contributed by atoms with E-state index in [1.807, 2.05) is 12.1 Å². The maximum atomic E-state index is 11.8. The molecular weight excluding hydrogens is 244 g/mol. The van der Waals surface area contributed by atoms with E-state index in [1.165, 1.54) is 6.08 Å². The molecule has 1 aliphatic heterocycles. The van der Waals surface area contributed by atoms with Gasteiger partial charge < -0.3 is 14.3 Å². The number of rotatable bonds is 2. The van der Waals surface area contributed by atoms with Crippen LogP contribution in [0.15, 0.2) is 46.3 Å². The Balaban J connectivity index is 2.09. The van der Waals surface area contributed by atoms with Gasteiger partial charge in [0.1, 0.15) is 6.10 Å². The third-order valence-corrected chi connectivity index (χ3v) is 4.11. The van der Waals surface area contributed by atoms with Crippen molar-refractivity contribution in [3.05, 3.63) is 47.5 Å². The molecule has 100 valence electrons. The van der Waals surface area contributed by atoms with Crippen LogP contribution in [0, 0.1) is 5.41 Å². The molecule has 1 aromatic heterocycles. The van der Waals surface area contributed by atoms with Crippen molar-refractivity contribution in [1.82, 2.24) is 0 Å². The van der Waals surface area contributed by atoms with Crippen LogP contribution in [0.2, 0.25) is 0 Å². The number of hydrogen-bond donors (Lipinski definition) is 1. The summed E-state index contributed by atoms with van der Waals surface area (Å²) >= 11 is 0. The molecular formula is C15H16O4. The lowest BCUT2D eigenvalue weighted by molar-refractivity contribution is -0.152. The number of allylic oxidation sites excluding steroid dienone is 1. The summed E-state index contributed by atoms with van der Waals surface area (Å²) in [6.07, 6.45) is 8.10. The number of ether oxygens (including phenoxy) is 1. The van der Waals surface area contributed by atoms with Crippen LogP contribution in [0.5, 0.6) is 0 Å². The molecule has 4 nitrogen and oxygen atoms in total. The highest BCUT2D eigenvalue weighted by Gasteiger charge is 2.46. The van der Waals surface area contributed by atoms with Crippen molar-refractivity contribution in [2.45, 2.75) is 25.9 Å². The molecule has 0 radical (unpaired) electrons. The number of aliphatic hydroxyl groups excluding tert-OH is 1. The molecule has 2 aliphatic rings. The third-order valence-electron chi connectivity index (χ3n) is 4.11. The van der Waals surface area contributed by atoms with Crippen LogP contribution in [0.4, 0.5) is 0 Å². The SMILES string of the molecule is CC12CCC=C(CO)C1=CC(=O)OC2c1ccoc1. The minimum atomic E-state index is -0.361. The summed E-state index contributed by atoms with van der Waals surface area (Å²) in [7, 11) is 0. The first-order chi connectivity index (χ1) is 9.15. The maximum absolute atomic E-state index is 11.8. The number of hydrogen-bond acceptors (Lipinski definition) is 4. The van der Waals surface area contributed by atoms with Crippen molar-refractivity contribution >= 4 is 5.97 Å². The van der Waals surface area contributed by atoms with E-state index in [9.17, 15) is 9.90 Å². The number of fused-ring (bicyclic) bond motifs is 1. The van der Waals surface area contributed by atoms with Gasteiger partial charge in [-0.2, -0.15) is 0 Å². The van der Waals surface area contributed by atoms with Gasteiger partial charge in [-0.05, 0) is 30.1 Å². The summed E-state index contributed by atoms with van der Waals surface area (Å²) in [5.41, 5.74) is 2.29. The van der Waals surface area contributed by atoms with Crippen LogP contribution in [0.25, 0.3) is 0 Å². The van der Waals surface area contributed by atoms with Gasteiger partial charge in [-0.3, -0.25) is 0 Å². The fourth-order valence-electron chi connectivity index (χ4n) is 3.10. The average Bonchev–Trinajstić information content (AvgIpc) is 2.91. The smallest absolute Gasteiger partial charge is 0.331 e. The van der Waals surface area contributed by atoms with E-state index in [-0.39, 0.29) is 24.1 Å². The summed E-state index contributed by atoms with van der Waals surface area (Å²) in [6.45, 7) is 2.03. The molecule has 1 N–H and O–H groups in total. The molecule has 3 rings (SSSR count). The molecule has 0 amide bonds. The molecule has 0 aromatic carbocycles. The van der Waals surface area contributed by atoms with Crippen LogP contribution in [-0.4, -0.2) is 17.7 Å². The van der Waals surface area contributed by atoms with E-state index >= 15 is 0 Å². The van der Waals surface area contributed by atoms with Crippen LogP contribution >= 0.6 is 0 Å². The van der Waals surface area contributed by atoms with Crippen molar-refractivity contribution in [1.29, 1.82) is 0 Å². The molecule has 4 heteroatoms. The van der Waals surface area contributed by atoms with Gasteiger partial charge in [-0.1, -0.05) is 13.0 Å². The zero-order valence-electron chi connectivity index (χ0n) is 10.8. The van der Waals surface area contributed by atoms with Gasteiger partial charge in [-0.15, -0.1) is 0 Å². The number of carbonyl (C=O) groups is 1. The monoisotopic (exact) mass is 260 g/mol. The first-order valence-corrected chi connectivity index (χ1v) is 6.40. The number of esters is 1. The van der Waals surface area contributed by atoms with Gasteiger partial charge in [0, 0.05) is 17.1 Å². The Morgan fingerprint density at radius 2 is 2.37 bits per heavy atom. The van der Waals surface area contributed by atoms with Crippen molar-refractivity contribution in [2.24, 2.45) is 5.41 Å². The Morgan fingerprint density at radius 1 is 1.53 bits per heavy atom. The summed E-state index contributed by atoms with van der Waals surface area (Å²) in [6, 6.07) is 1.82. The highest BCUT2D eigenvalue weighted by atomic mass is 16.5. The Morgan fingerprint density at radius 3 is 3.05 bits per heavy atom. The number of furan rings is 1. The summed E-state index contributed by atoms with van der Waals surface area (Å²) < 4.78 is 10.6. The molecule has 0 fully saturated rings. The fourth-order valence-corrected chi connectivity index (χ4v) is 3.10. The average molecular weight is 260 g/mol. The van der Waals surface area contributed by atoms with E-state index in [2.05, 4.69) is 6.92 Å². The minimum Gasteiger partial charge on any atom is -0.472 e. The molecule has 2 unspecified atom stereocenters. The van der Waals surface area contributed by atoms with E-state index in [0.29, 0.717) is 0 Å². The fraction of sp³-hybridized carbons (Fsp3) is 0.400. The van der Waals surface area contributed by atoms with Crippen LogP contribution in [0.1, 0.15) is 31.4 Å². The summed E-state index contributed by atoms with van der Waals surface area (Å²) in [5, 5.41) is 9.47. The van der Waals surface area contributed by atoms with Crippen molar-refractivity contribution in [2.75, 3.05) is 6.61 Å². The highest BCUT2D eigenvalue weighted by Crippen LogP contribution is 2.53. The Labute approximate surface area is 111 Å². The maximum Gasteiger partial charge on any atom is 0.331 e. The van der Waals surface area contributed by atoms with E-state index in [0.717, 1.165) is 29.6 Å². The quantitative estimate of drug-likeness (QED) is 0.830. The van der Waals surface area contributed by atoms with Crippen LogP contribution in [0.3, 0.4) is 0 Å². The van der Waals surface area contributed by atoms with Gasteiger partial charge in [-0.25, -0.2) is 4.79 Å². The molecule has 0 bridgehead atoms.